The van der Waals surface area contributed by atoms with Crippen molar-refractivity contribution in [1.29, 1.82) is 0 Å². The first kappa shape index (κ1) is 23.3. The summed E-state index contributed by atoms with van der Waals surface area (Å²) in [5, 5.41) is 3.00. The minimum absolute atomic E-state index is 0.00626. The Balaban J connectivity index is 1.75. The molecule has 0 spiro atoms. The lowest BCUT2D eigenvalue weighted by atomic mass is 10.0. The van der Waals surface area contributed by atoms with Crippen LogP contribution in [0.3, 0.4) is 0 Å². The van der Waals surface area contributed by atoms with Gasteiger partial charge < -0.3 is 15.1 Å². The van der Waals surface area contributed by atoms with E-state index in [1.165, 1.54) is 32.0 Å². The molecule has 2 rings (SSSR count). The van der Waals surface area contributed by atoms with Crippen LogP contribution in [0.5, 0.6) is 0 Å². The van der Waals surface area contributed by atoms with Gasteiger partial charge in [0.2, 0.25) is 5.91 Å². The number of nitrogens with one attached hydrogen (secondary N) is 1. The van der Waals surface area contributed by atoms with Crippen LogP contribution in [-0.4, -0.2) is 70.3 Å². The summed E-state index contributed by atoms with van der Waals surface area (Å²) in [6, 6.07) is 0.653. The highest BCUT2D eigenvalue weighted by Crippen LogP contribution is 2.16. The van der Waals surface area contributed by atoms with E-state index in [1.54, 1.807) is 11.1 Å². The van der Waals surface area contributed by atoms with Gasteiger partial charge in [-0.05, 0) is 45.6 Å². The van der Waals surface area contributed by atoms with Crippen LogP contribution in [0.4, 0.5) is 0 Å². The van der Waals surface area contributed by atoms with Crippen LogP contribution in [0.25, 0.3) is 0 Å². The van der Waals surface area contributed by atoms with Gasteiger partial charge in [0, 0.05) is 44.8 Å². The molecule has 1 unspecified atom stereocenters. The zero-order chi connectivity index (χ0) is 21.2. The Morgan fingerprint density at radius 3 is 2.72 bits per heavy atom. The number of carbonyl (C=O) groups is 2. The lowest BCUT2D eigenvalue weighted by Gasteiger charge is -2.33. The molecule has 7 heteroatoms. The summed E-state index contributed by atoms with van der Waals surface area (Å²) in [6.07, 6.45) is 8.25. The summed E-state index contributed by atoms with van der Waals surface area (Å²) in [5.41, 5.74) is 1.10. The monoisotopic (exact) mass is 403 g/mol. The smallest absolute Gasteiger partial charge is 0.274 e. The van der Waals surface area contributed by atoms with E-state index in [1.807, 2.05) is 6.92 Å². The molecular weight excluding hydrogens is 366 g/mol. The SMILES string of the molecule is Cc1cnc(C(=O)N(CCC(=O)NCCCN2CCCCC2C)CC(C)C)cn1. The third kappa shape index (κ3) is 8.09. The second-order valence-corrected chi connectivity index (χ2v) is 8.52. The van der Waals surface area contributed by atoms with Crippen LogP contribution >= 0.6 is 0 Å². The van der Waals surface area contributed by atoms with E-state index in [9.17, 15) is 9.59 Å². The zero-order valence-corrected chi connectivity index (χ0v) is 18.5. The average Bonchev–Trinajstić information content (AvgIpc) is 2.69. The van der Waals surface area contributed by atoms with Crippen LogP contribution in [-0.2, 0) is 4.79 Å². The molecule has 2 amide bonds. The molecule has 1 aliphatic rings. The Kier molecular flexibility index (Phi) is 9.51. The van der Waals surface area contributed by atoms with Crippen LogP contribution < -0.4 is 5.32 Å². The van der Waals surface area contributed by atoms with Gasteiger partial charge in [-0.15, -0.1) is 0 Å². The number of hydrogen-bond donors (Lipinski definition) is 1. The molecule has 1 atom stereocenters. The van der Waals surface area contributed by atoms with Gasteiger partial charge in [-0.2, -0.15) is 0 Å². The summed E-state index contributed by atoms with van der Waals surface area (Å²) in [7, 11) is 0. The number of carbonyl (C=O) groups excluding carboxylic acids is 2. The van der Waals surface area contributed by atoms with E-state index in [0.29, 0.717) is 43.7 Å². The first-order chi connectivity index (χ1) is 13.9. The molecule has 0 aliphatic carbocycles. The first-order valence-electron chi connectivity index (χ1n) is 11.0. The van der Waals surface area contributed by atoms with Crippen molar-refractivity contribution in [2.75, 3.05) is 32.7 Å². The lowest BCUT2D eigenvalue weighted by Crippen LogP contribution is -2.40. The summed E-state index contributed by atoms with van der Waals surface area (Å²) in [5.74, 6) is 0.137. The normalized spacial score (nSPS) is 17.3. The van der Waals surface area contributed by atoms with Crippen LogP contribution in [0, 0.1) is 12.8 Å². The molecule has 2 heterocycles. The number of amides is 2. The van der Waals surface area contributed by atoms with Crippen molar-refractivity contribution in [2.24, 2.45) is 5.92 Å². The van der Waals surface area contributed by atoms with Crippen molar-refractivity contribution < 1.29 is 9.59 Å². The predicted octanol–water partition coefficient (Wildman–Crippen LogP) is 2.65. The molecule has 1 aliphatic heterocycles. The summed E-state index contributed by atoms with van der Waals surface area (Å²) in [6.45, 7) is 12.1. The molecular formula is C22H37N5O2. The summed E-state index contributed by atoms with van der Waals surface area (Å²) in [4.78, 5) is 37.6. The van der Waals surface area contributed by atoms with E-state index < -0.39 is 0 Å². The quantitative estimate of drug-likeness (QED) is 0.608. The highest BCUT2D eigenvalue weighted by molar-refractivity contribution is 5.92. The van der Waals surface area contributed by atoms with E-state index in [4.69, 9.17) is 0 Å². The molecule has 29 heavy (non-hydrogen) atoms. The topological polar surface area (TPSA) is 78.4 Å². The Labute approximate surface area is 175 Å². The largest absolute Gasteiger partial charge is 0.356 e. The van der Waals surface area contributed by atoms with Crippen molar-refractivity contribution in [3.8, 4) is 0 Å². The Bertz CT molecular complexity index is 647. The maximum Gasteiger partial charge on any atom is 0.274 e. The van der Waals surface area contributed by atoms with E-state index in [-0.39, 0.29) is 11.8 Å². The Morgan fingerprint density at radius 2 is 2.07 bits per heavy atom. The number of rotatable bonds is 10. The minimum Gasteiger partial charge on any atom is -0.356 e. The van der Waals surface area contributed by atoms with Gasteiger partial charge in [0.25, 0.3) is 5.91 Å². The molecule has 1 N–H and O–H groups in total. The maximum atomic E-state index is 12.8. The third-order valence-electron chi connectivity index (χ3n) is 5.37. The van der Waals surface area contributed by atoms with Crippen molar-refractivity contribution in [1.82, 2.24) is 25.1 Å². The van der Waals surface area contributed by atoms with Gasteiger partial charge in [-0.25, -0.2) is 4.98 Å². The molecule has 0 aromatic carbocycles. The van der Waals surface area contributed by atoms with E-state index in [2.05, 4.69) is 41.0 Å². The number of piperidine rings is 1. The fraction of sp³-hybridized carbons (Fsp3) is 0.727. The van der Waals surface area contributed by atoms with Crippen molar-refractivity contribution in [3.63, 3.8) is 0 Å². The first-order valence-corrected chi connectivity index (χ1v) is 11.0. The van der Waals surface area contributed by atoms with Crippen LogP contribution in [0.2, 0.25) is 0 Å². The zero-order valence-electron chi connectivity index (χ0n) is 18.5. The molecule has 0 radical (unpaired) electrons. The number of aromatic nitrogens is 2. The van der Waals surface area contributed by atoms with Gasteiger partial charge in [0.15, 0.2) is 0 Å². The van der Waals surface area contributed by atoms with Crippen LogP contribution in [0.1, 0.15) is 69.1 Å². The van der Waals surface area contributed by atoms with Crippen molar-refractivity contribution in [3.05, 3.63) is 23.8 Å². The molecule has 0 bridgehead atoms. The third-order valence-corrected chi connectivity index (χ3v) is 5.37. The Hall–Kier alpha value is -2.02. The van der Waals surface area contributed by atoms with Crippen molar-refractivity contribution >= 4 is 11.8 Å². The summed E-state index contributed by atoms with van der Waals surface area (Å²) >= 11 is 0. The summed E-state index contributed by atoms with van der Waals surface area (Å²) < 4.78 is 0. The van der Waals surface area contributed by atoms with Crippen LogP contribution in [0.15, 0.2) is 12.4 Å². The minimum atomic E-state index is -0.168. The van der Waals surface area contributed by atoms with Gasteiger partial charge in [0.05, 0.1) is 11.9 Å². The maximum absolute atomic E-state index is 12.8. The molecule has 162 valence electrons. The second kappa shape index (κ2) is 11.9. The fourth-order valence-electron chi connectivity index (χ4n) is 3.71. The number of nitrogens with zero attached hydrogens (tertiary/aromatic N) is 4. The molecule has 0 saturated carbocycles. The van der Waals surface area contributed by atoms with E-state index in [0.717, 1.165) is 18.7 Å². The van der Waals surface area contributed by atoms with Gasteiger partial charge in [0.1, 0.15) is 5.69 Å². The average molecular weight is 404 g/mol. The van der Waals surface area contributed by atoms with Gasteiger partial charge in [-0.3, -0.25) is 14.6 Å². The number of aryl methyl sites for hydroxylation is 1. The standard InChI is InChI=1S/C22H37N5O2/c1-17(2)16-27(22(29)20-15-24-18(3)14-25-20)13-9-21(28)23-10-7-12-26-11-6-5-8-19(26)4/h14-15,17,19H,5-13,16H2,1-4H3,(H,23,28). The fourth-order valence-corrected chi connectivity index (χ4v) is 3.71. The number of hydrogen-bond acceptors (Lipinski definition) is 5. The van der Waals surface area contributed by atoms with E-state index >= 15 is 0 Å². The highest BCUT2D eigenvalue weighted by Gasteiger charge is 2.20. The number of likely N-dealkylation sites (tertiary alicyclic amines) is 1. The second-order valence-electron chi connectivity index (χ2n) is 8.52. The molecule has 1 aromatic heterocycles. The van der Waals surface area contributed by atoms with Gasteiger partial charge in [-0.1, -0.05) is 20.3 Å². The molecule has 1 aromatic rings. The molecule has 1 fully saturated rings. The molecule has 7 nitrogen and oxygen atoms in total. The van der Waals surface area contributed by atoms with Gasteiger partial charge >= 0.3 is 0 Å². The van der Waals surface area contributed by atoms with Crippen molar-refractivity contribution in [2.45, 2.75) is 65.8 Å². The molecule has 1 saturated heterocycles. The predicted molar refractivity (Wildman–Crippen MR) is 115 cm³/mol. The Morgan fingerprint density at radius 1 is 1.28 bits per heavy atom. The lowest BCUT2D eigenvalue weighted by molar-refractivity contribution is -0.121. The highest BCUT2D eigenvalue weighted by atomic mass is 16.2.